The van der Waals surface area contributed by atoms with Crippen LogP contribution < -0.4 is 0 Å². The van der Waals surface area contributed by atoms with Crippen LogP contribution >= 0.6 is 0 Å². The molecular weight excluding hydrogens is 134 g/mol. The summed E-state index contributed by atoms with van der Waals surface area (Å²) in [6.07, 6.45) is 3.76. The van der Waals surface area contributed by atoms with Crippen LogP contribution in [0.15, 0.2) is 12.2 Å². The molecule has 0 amide bonds. The Morgan fingerprint density at radius 3 is 2.64 bits per heavy atom. The summed E-state index contributed by atoms with van der Waals surface area (Å²) >= 11 is 0. The van der Waals surface area contributed by atoms with E-state index in [9.17, 15) is 0 Å². The minimum absolute atomic E-state index is 0.409. The third-order valence-corrected chi connectivity index (χ3v) is 2.80. The topological polar surface area (TPSA) is 3.24 Å². The number of nitrogens with zero attached hydrogens (tertiary/aromatic N) is 1. The first-order valence-corrected chi connectivity index (χ1v) is 4.46. The normalized spacial score (nSPS) is 33.2. The molecule has 1 fully saturated rings. The molecule has 0 N–H and O–H groups in total. The van der Waals surface area contributed by atoms with Crippen LogP contribution in [0, 0.1) is 0 Å². The molecule has 0 aromatic rings. The van der Waals surface area contributed by atoms with E-state index >= 15 is 0 Å². The first kappa shape index (κ1) is 8.79. The van der Waals surface area contributed by atoms with Crippen molar-refractivity contribution in [2.75, 3.05) is 13.6 Å². The molecule has 1 aliphatic heterocycles. The molecule has 0 aromatic heterocycles. The molecule has 1 heterocycles. The van der Waals surface area contributed by atoms with Crippen molar-refractivity contribution in [3.63, 3.8) is 0 Å². The van der Waals surface area contributed by atoms with Crippen molar-refractivity contribution in [2.24, 2.45) is 0 Å². The van der Waals surface area contributed by atoms with Gasteiger partial charge in [0, 0.05) is 12.1 Å². The van der Waals surface area contributed by atoms with Gasteiger partial charge in [-0.3, -0.25) is 4.90 Å². The Balaban J connectivity index is 2.62. The zero-order valence-electron chi connectivity index (χ0n) is 7.98. The van der Waals surface area contributed by atoms with Gasteiger partial charge in [0.15, 0.2) is 0 Å². The lowest BCUT2D eigenvalue weighted by Crippen LogP contribution is -2.37. The third kappa shape index (κ3) is 1.64. The largest absolute Gasteiger partial charge is 0.297 e. The van der Waals surface area contributed by atoms with Crippen molar-refractivity contribution in [1.82, 2.24) is 4.90 Å². The van der Waals surface area contributed by atoms with Crippen LogP contribution in [0.2, 0.25) is 0 Å². The fourth-order valence-electron chi connectivity index (χ4n) is 2.07. The molecule has 11 heavy (non-hydrogen) atoms. The van der Waals surface area contributed by atoms with Gasteiger partial charge in [-0.05, 0) is 26.8 Å². The molecule has 1 nitrogen and oxygen atoms in total. The van der Waals surface area contributed by atoms with Crippen LogP contribution in [0.25, 0.3) is 0 Å². The Hall–Kier alpha value is -0.300. The van der Waals surface area contributed by atoms with Gasteiger partial charge in [-0.2, -0.15) is 0 Å². The summed E-state index contributed by atoms with van der Waals surface area (Å²) in [4.78, 5) is 2.43. The van der Waals surface area contributed by atoms with Crippen LogP contribution in [-0.2, 0) is 0 Å². The summed E-state index contributed by atoms with van der Waals surface area (Å²) < 4.78 is 0. The maximum atomic E-state index is 4.04. The summed E-state index contributed by atoms with van der Waals surface area (Å²) in [5, 5.41) is 0. The van der Waals surface area contributed by atoms with Crippen molar-refractivity contribution in [2.45, 2.75) is 38.6 Å². The van der Waals surface area contributed by atoms with Gasteiger partial charge < -0.3 is 0 Å². The van der Waals surface area contributed by atoms with Crippen LogP contribution in [0.5, 0.6) is 0 Å². The highest BCUT2D eigenvalue weighted by Gasteiger charge is 2.34. The molecule has 1 saturated heterocycles. The molecule has 0 saturated carbocycles. The van der Waals surface area contributed by atoms with Gasteiger partial charge in [0.2, 0.25) is 0 Å². The van der Waals surface area contributed by atoms with E-state index in [2.05, 4.69) is 32.4 Å². The number of hydrogen-bond donors (Lipinski definition) is 0. The maximum absolute atomic E-state index is 4.04. The Labute approximate surface area is 70.1 Å². The second-order valence-electron chi connectivity index (χ2n) is 4.03. The quantitative estimate of drug-likeness (QED) is 0.551. The zero-order chi connectivity index (χ0) is 8.48. The van der Waals surface area contributed by atoms with Crippen molar-refractivity contribution in [1.29, 1.82) is 0 Å². The van der Waals surface area contributed by atoms with Crippen LogP contribution in [0.1, 0.15) is 33.1 Å². The molecule has 0 radical (unpaired) electrons. The van der Waals surface area contributed by atoms with Gasteiger partial charge in [0.25, 0.3) is 0 Å². The van der Waals surface area contributed by atoms with Gasteiger partial charge >= 0.3 is 0 Å². The smallest absolute Gasteiger partial charge is 0.0219 e. The number of rotatable bonds is 2. The van der Waals surface area contributed by atoms with E-state index in [1.54, 1.807) is 0 Å². The Kier molecular flexibility index (Phi) is 2.38. The minimum atomic E-state index is 0.409. The third-order valence-electron chi connectivity index (χ3n) is 2.80. The average Bonchev–Trinajstić information content (AvgIpc) is 2.08. The highest BCUT2D eigenvalue weighted by molar-refractivity contribution is 5.12. The molecule has 1 heteroatoms. The van der Waals surface area contributed by atoms with Gasteiger partial charge in [-0.1, -0.05) is 25.5 Å². The fraction of sp³-hybridized carbons (Fsp3) is 0.800. The van der Waals surface area contributed by atoms with E-state index in [1.807, 2.05) is 0 Å². The Morgan fingerprint density at radius 1 is 1.64 bits per heavy atom. The van der Waals surface area contributed by atoms with Crippen molar-refractivity contribution in [3.8, 4) is 0 Å². The number of hydrogen-bond acceptors (Lipinski definition) is 1. The molecule has 0 bridgehead atoms. The predicted molar refractivity (Wildman–Crippen MR) is 49.7 cm³/mol. The minimum Gasteiger partial charge on any atom is -0.297 e. The highest BCUT2D eigenvalue weighted by atomic mass is 15.2. The SMILES string of the molecule is C=C1CN(C)C(C)(CCC)C1. The van der Waals surface area contributed by atoms with Crippen LogP contribution in [-0.4, -0.2) is 24.0 Å². The Morgan fingerprint density at radius 2 is 2.27 bits per heavy atom. The van der Waals surface area contributed by atoms with Gasteiger partial charge in [-0.25, -0.2) is 0 Å². The van der Waals surface area contributed by atoms with Crippen LogP contribution in [0.3, 0.4) is 0 Å². The first-order valence-electron chi connectivity index (χ1n) is 4.46. The van der Waals surface area contributed by atoms with Crippen LogP contribution in [0.4, 0.5) is 0 Å². The lowest BCUT2D eigenvalue weighted by Gasteiger charge is -2.31. The first-order chi connectivity index (χ1) is 5.08. The van der Waals surface area contributed by atoms with Crippen molar-refractivity contribution in [3.05, 3.63) is 12.2 Å². The second-order valence-corrected chi connectivity index (χ2v) is 4.03. The second kappa shape index (κ2) is 2.98. The Bertz CT molecular complexity index is 162. The lowest BCUT2D eigenvalue weighted by atomic mass is 9.92. The summed E-state index contributed by atoms with van der Waals surface area (Å²) in [5.41, 5.74) is 1.80. The maximum Gasteiger partial charge on any atom is 0.0219 e. The molecule has 0 aliphatic carbocycles. The summed E-state index contributed by atoms with van der Waals surface area (Å²) in [7, 11) is 2.20. The van der Waals surface area contributed by atoms with Gasteiger partial charge in [-0.15, -0.1) is 0 Å². The standard InChI is InChI=1S/C10H19N/c1-5-6-10(3)7-9(2)8-11(10)4/h2,5-8H2,1,3-4H3. The summed E-state index contributed by atoms with van der Waals surface area (Å²) in [5.74, 6) is 0. The van der Waals surface area contributed by atoms with Gasteiger partial charge in [0.05, 0.1) is 0 Å². The number of likely N-dealkylation sites (N-methyl/N-ethyl adjacent to an activating group) is 1. The lowest BCUT2D eigenvalue weighted by molar-refractivity contribution is 0.181. The highest BCUT2D eigenvalue weighted by Crippen LogP contribution is 2.33. The molecule has 1 unspecified atom stereocenters. The molecular formula is C10H19N. The van der Waals surface area contributed by atoms with Gasteiger partial charge in [0.1, 0.15) is 0 Å². The van der Waals surface area contributed by atoms with Crippen molar-refractivity contribution >= 4 is 0 Å². The monoisotopic (exact) mass is 153 g/mol. The zero-order valence-corrected chi connectivity index (χ0v) is 7.98. The fourth-order valence-corrected chi connectivity index (χ4v) is 2.07. The average molecular weight is 153 g/mol. The van der Waals surface area contributed by atoms with E-state index in [1.165, 1.54) is 24.8 Å². The molecule has 0 spiro atoms. The summed E-state index contributed by atoms with van der Waals surface area (Å²) in [6.45, 7) is 9.73. The number of likely N-dealkylation sites (tertiary alicyclic amines) is 1. The molecule has 1 atom stereocenters. The molecule has 1 aliphatic rings. The van der Waals surface area contributed by atoms with E-state index < -0.39 is 0 Å². The van der Waals surface area contributed by atoms with E-state index in [0.717, 1.165) is 6.54 Å². The van der Waals surface area contributed by atoms with E-state index in [4.69, 9.17) is 0 Å². The predicted octanol–water partition coefficient (Wildman–Crippen LogP) is 2.44. The molecule has 64 valence electrons. The molecule has 1 rings (SSSR count). The van der Waals surface area contributed by atoms with Crippen molar-refractivity contribution < 1.29 is 0 Å². The van der Waals surface area contributed by atoms with E-state index in [0.29, 0.717) is 5.54 Å². The summed E-state index contributed by atoms with van der Waals surface area (Å²) in [6, 6.07) is 0. The van der Waals surface area contributed by atoms with E-state index in [-0.39, 0.29) is 0 Å². The molecule has 0 aromatic carbocycles.